The second kappa shape index (κ2) is 5.33. The molecule has 5 nitrogen and oxygen atoms in total. The molecule has 0 radical (unpaired) electrons. The third-order valence-electron chi connectivity index (χ3n) is 3.85. The van der Waals surface area contributed by atoms with E-state index in [0.717, 1.165) is 32.7 Å². The van der Waals surface area contributed by atoms with Gasteiger partial charge in [-0.25, -0.2) is 0 Å². The minimum atomic E-state index is 0.0234. The lowest BCUT2D eigenvalue weighted by Gasteiger charge is -2.40. The van der Waals surface area contributed by atoms with E-state index in [1.54, 1.807) is 4.90 Å². The van der Waals surface area contributed by atoms with E-state index in [1.807, 2.05) is 14.1 Å². The van der Waals surface area contributed by atoms with Crippen molar-refractivity contribution in [1.29, 1.82) is 0 Å². The van der Waals surface area contributed by atoms with E-state index in [9.17, 15) is 4.79 Å². The molecule has 0 aromatic carbocycles. The normalized spacial score (nSPS) is 31.7. The molecule has 2 atom stereocenters. The second-order valence-electron chi connectivity index (χ2n) is 5.40. The van der Waals surface area contributed by atoms with Gasteiger partial charge in [0.05, 0.1) is 0 Å². The minimum Gasteiger partial charge on any atom is -0.347 e. The summed E-state index contributed by atoms with van der Waals surface area (Å²) in [5, 5.41) is 3.33. The molecule has 2 aliphatic heterocycles. The topological polar surface area (TPSA) is 38.8 Å². The summed E-state index contributed by atoms with van der Waals surface area (Å²) in [7, 11) is 5.84. The molecule has 2 fully saturated rings. The van der Waals surface area contributed by atoms with E-state index in [0.29, 0.717) is 6.04 Å². The number of piperazine rings is 1. The Morgan fingerprint density at radius 2 is 2.12 bits per heavy atom. The van der Waals surface area contributed by atoms with Gasteiger partial charge in [-0.05, 0) is 20.0 Å². The van der Waals surface area contributed by atoms with Gasteiger partial charge in [-0.15, -0.1) is 0 Å². The molecule has 1 N–H and O–H groups in total. The summed E-state index contributed by atoms with van der Waals surface area (Å²) in [6, 6.07) is 0.575. The van der Waals surface area contributed by atoms with E-state index < -0.39 is 0 Å². The monoisotopic (exact) mass is 240 g/mol. The Labute approximate surface area is 104 Å². The van der Waals surface area contributed by atoms with Crippen LogP contribution in [0.25, 0.3) is 0 Å². The van der Waals surface area contributed by atoms with Crippen molar-refractivity contribution in [2.24, 2.45) is 0 Å². The molecule has 0 bridgehead atoms. The maximum absolute atomic E-state index is 12.2. The highest BCUT2D eigenvalue weighted by molar-refractivity contribution is 5.81. The molecule has 5 heteroatoms. The van der Waals surface area contributed by atoms with Crippen LogP contribution in [0.5, 0.6) is 0 Å². The van der Waals surface area contributed by atoms with Crippen molar-refractivity contribution in [1.82, 2.24) is 20.0 Å². The summed E-state index contributed by atoms with van der Waals surface area (Å²) in [6.07, 6.45) is 1.19. The van der Waals surface area contributed by atoms with Crippen molar-refractivity contribution in [3.63, 3.8) is 0 Å². The van der Waals surface area contributed by atoms with Crippen LogP contribution in [0.4, 0.5) is 0 Å². The van der Waals surface area contributed by atoms with Crippen LogP contribution in [0, 0.1) is 0 Å². The van der Waals surface area contributed by atoms with Gasteiger partial charge in [0.15, 0.2) is 0 Å². The van der Waals surface area contributed by atoms with Gasteiger partial charge in [0.25, 0.3) is 0 Å². The van der Waals surface area contributed by atoms with Crippen molar-refractivity contribution in [3.05, 3.63) is 0 Å². The van der Waals surface area contributed by atoms with Crippen LogP contribution in [0.3, 0.4) is 0 Å². The van der Waals surface area contributed by atoms with Crippen molar-refractivity contribution in [3.8, 4) is 0 Å². The van der Waals surface area contributed by atoms with Gasteiger partial charge in [0.2, 0.25) is 5.91 Å². The largest absolute Gasteiger partial charge is 0.347 e. The highest BCUT2D eigenvalue weighted by atomic mass is 16.2. The quantitative estimate of drug-likeness (QED) is 0.676. The molecule has 2 unspecified atom stereocenters. The molecule has 17 heavy (non-hydrogen) atoms. The lowest BCUT2D eigenvalue weighted by molar-refractivity contribution is -0.136. The Kier molecular flexibility index (Phi) is 4.01. The predicted molar refractivity (Wildman–Crippen MR) is 68.0 cm³/mol. The fourth-order valence-corrected chi connectivity index (χ4v) is 2.87. The van der Waals surface area contributed by atoms with Crippen LogP contribution in [-0.2, 0) is 4.79 Å². The van der Waals surface area contributed by atoms with Crippen LogP contribution in [0.2, 0.25) is 0 Å². The molecular weight excluding hydrogens is 216 g/mol. The lowest BCUT2D eigenvalue weighted by Crippen LogP contribution is -2.60. The number of likely N-dealkylation sites (N-methyl/N-ethyl adjacent to an activating group) is 2. The molecule has 0 spiro atoms. The predicted octanol–water partition coefficient (Wildman–Crippen LogP) is -0.947. The number of nitrogens with zero attached hydrogens (tertiary/aromatic N) is 3. The Bertz CT molecular complexity index is 282. The zero-order valence-electron chi connectivity index (χ0n) is 11.1. The number of nitrogens with one attached hydrogen (secondary N) is 1. The zero-order valence-corrected chi connectivity index (χ0v) is 11.1. The van der Waals surface area contributed by atoms with Crippen LogP contribution < -0.4 is 5.32 Å². The molecule has 2 heterocycles. The fourth-order valence-electron chi connectivity index (χ4n) is 2.87. The summed E-state index contributed by atoms with van der Waals surface area (Å²) in [6.45, 7) is 5.02. The fraction of sp³-hybridized carbons (Fsp3) is 0.917. The van der Waals surface area contributed by atoms with Gasteiger partial charge in [-0.2, -0.15) is 0 Å². The highest BCUT2D eigenvalue weighted by Gasteiger charge is 2.36. The number of hydrogen-bond donors (Lipinski definition) is 1. The maximum Gasteiger partial charge on any atom is 0.240 e. The standard InChI is InChI=1S/C12H24N4O/c1-14(2)12(17)11-8-13-5-7-16(11)10-4-6-15(3)9-10/h10-11,13H,4-9H2,1-3H3. The zero-order chi connectivity index (χ0) is 12.4. The molecule has 1 amide bonds. The first-order valence-electron chi connectivity index (χ1n) is 6.45. The van der Waals surface area contributed by atoms with Crippen LogP contribution in [-0.4, -0.2) is 86.6 Å². The minimum absolute atomic E-state index is 0.0234. The van der Waals surface area contributed by atoms with Crippen molar-refractivity contribution >= 4 is 5.91 Å². The summed E-state index contributed by atoms with van der Waals surface area (Å²) in [5.41, 5.74) is 0. The average molecular weight is 240 g/mol. The third-order valence-corrected chi connectivity index (χ3v) is 3.85. The molecule has 2 rings (SSSR count). The summed E-state index contributed by atoms with van der Waals surface area (Å²) in [5.74, 6) is 0.228. The van der Waals surface area contributed by atoms with E-state index >= 15 is 0 Å². The highest BCUT2D eigenvalue weighted by Crippen LogP contribution is 2.18. The lowest BCUT2D eigenvalue weighted by atomic mass is 10.1. The molecule has 0 aromatic heterocycles. The third kappa shape index (κ3) is 2.78. The molecule has 0 saturated carbocycles. The first kappa shape index (κ1) is 12.8. The number of likely N-dealkylation sites (tertiary alicyclic amines) is 1. The van der Waals surface area contributed by atoms with E-state index in [-0.39, 0.29) is 11.9 Å². The van der Waals surface area contributed by atoms with Gasteiger partial charge in [0, 0.05) is 46.3 Å². The van der Waals surface area contributed by atoms with Crippen molar-refractivity contribution in [2.45, 2.75) is 18.5 Å². The summed E-state index contributed by atoms with van der Waals surface area (Å²) in [4.78, 5) is 18.6. The van der Waals surface area contributed by atoms with Crippen LogP contribution >= 0.6 is 0 Å². The smallest absolute Gasteiger partial charge is 0.240 e. The molecule has 98 valence electrons. The number of amides is 1. The maximum atomic E-state index is 12.2. The van der Waals surface area contributed by atoms with E-state index in [2.05, 4.69) is 22.2 Å². The number of hydrogen-bond acceptors (Lipinski definition) is 4. The molecule has 2 saturated heterocycles. The number of carbonyl (C=O) groups is 1. The SMILES string of the molecule is CN1CCC(N2CCNCC2C(=O)N(C)C)C1. The number of rotatable bonds is 2. The van der Waals surface area contributed by atoms with Crippen LogP contribution in [0.15, 0.2) is 0 Å². The van der Waals surface area contributed by atoms with Gasteiger partial charge >= 0.3 is 0 Å². The van der Waals surface area contributed by atoms with Crippen LogP contribution in [0.1, 0.15) is 6.42 Å². The number of carbonyl (C=O) groups excluding carboxylic acids is 1. The van der Waals surface area contributed by atoms with Gasteiger partial charge in [-0.3, -0.25) is 9.69 Å². The Morgan fingerprint density at radius 3 is 2.71 bits per heavy atom. The second-order valence-corrected chi connectivity index (χ2v) is 5.40. The molecule has 2 aliphatic rings. The average Bonchev–Trinajstić information content (AvgIpc) is 2.74. The van der Waals surface area contributed by atoms with Gasteiger partial charge < -0.3 is 15.1 Å². The summed E-state index contributed by atoms with van der Waals surface area (Å²) >= 11 is 0. The first-order valence-corrected chi connectivity index (χ1v) is 6.45. The van der Waals surface area contributed by atoms with Crippen molar-refractivity contribution < 1.29 is 4.79 Å². The van der Waals surface area contributed by atoms with E-state index in [4.69, 9.17) is 0 Å². The molecule has 0 aromatic rings. The molecular formula is C12H24N4O. The first-order chi connectivity index (χ1) is 8.09. The van der Waals surface area contributed by atoms with Crippen molar-refractivity contribution in [2.75, 3.05) is 53.9 Å². The Balaban J connectivity index is 2.04. The van der Waals surface area contributed by atoms with E-state index in [1.165, 1.54) is 6.42 Å². The Morgan fingerprint density at radius 1 is 1.35 bits per heavy atom. The summed E-state index contributed by atoms with van der Waals surface area (Å²) < 4.78 is 0. The van der Waals surface area contributed by atoms with Gasteiger partial charge in [0.1, 0.15) is 6.04 Å². The molecule has 0 aliphatic carbocycles. The van der Waals surface area contributed by atoms with Gasteiger partial charge in [-0.1, -0.05) is 0 Å². The Hall–Kier alpha value is -0.650.